The molecule has 0 radical (unpaired) electrons. The number of ether oxygens (including phenoxy) is 1. The van der Waals surface area contributed by atoms with Crippen LogP contribution in [0.1, 0.15) is 25.8 Å². The van der Waals surface area contributed by atoms with E-state index in [0.29, 0.717) is 12.1 Å². The molecular formula is C16H21ClN2O. The van der Waals surface area contributed by atoms with E-state index in [-0.39, 0.29) is 5.41 Å². The molecule has 2 unspecified atom stereocenters. The Hall–Kier alpha value is -1.03. The smallest absolute Gasteiger partial charge is 0.0652 e. The van der Waals surface area contributed by atoms with E-state index in [1.807, 2.05) is 12.1 Å². The van der Waals surface area contributed by atoms with Crippen molar-refractivity contribution in [3.05, 3.63) is 35.0 Å². The quantitative estimate of drug-likeness (QED) is 0.901. The lowest BCUT2D eigenvalue weighted by Crippen LogP contribution is -2.60. The second-order valence-electron chi connectivity index (χ2n) is 6.22. The molecule has 3 nitrogen and oxygen atoms in total. The van der Waals surface area contributed by atoms with Gasteiger partial charge in [-0.3, -0.25) is 0 Å². The first-order chi connectivity index (χ1) is 9.52. The van der Waals surface area contributed by atoms with E-state index >= 15 is 0 Å². The third kappa shape index (κ3) is 2.24. The summed E-state index contributed by atoms with van der Waals surface area (Å²) >= 11 is 6.01. The fourth-order valence-corrected chi connectivity index (χ4v) is 3.34. The number of hydrogen-bond acceptors (Lipinski definition) is 2. The zero-order chi connectivity index (χ0) is 14.3. The molecule has 1 aromatic heterocycles. The number of rotatable bonds is 4. The Morgan fingerprint density at radius 3 is 2.95 bits per heavy atom. The van der Waals surface area contributed by atoms with Crippen LogP contribution in [0.15, 0.2) is 24.4 Å². The molecule has 0 aliphatic heterocycles. The van der Waals surface area contributed by atoms with Crippen LogP contribution in [-0.4, -0.2) is 24.2 Å². The standard InChI is InChI=1S/C16H21ClN2O/c1-16(2)14(7-15(16)20-3)19-9-10-8-18-13-6-11(17)4-5-12(10)13/h4-6,8,14-15,18-19H,7,9H2,1-3H3. The first-order valence-electron chi connectivity index (χ1n) is 7.04. The summed E-state index contributed by atoms with van der Waals surface area (Å²) in [5.41, 5.74) is 2.58. The first-order valence-corrected chi connectivity index (χ1v) is 7.42. The predicted octanol–water partition coefficient (Wildman–Crippen LogP) is 3.72. The van der Waals surface area contributed by atoms with Crippen LogP contribution in [0.3, 0.4) is 0 Å². The Morgan fingerprint density at radius 1 is 1.45 bits per heavy atom. The normalized spacial score (nSPS) is 24.8. The van der Waals surface area contributed by atoms with E-state index in [1.54, 1.807) is 7.11 Å². The molecule has 1 heterocycles. The van der Waals surface area contributed by atoms with E-state index < -0.39 is 0 Å². The topological polar surface area (TPSA) is 37.0 Å². The molecule has 1 saturated carbocycles. The number of halogens is 1. The molecule has 2 atom stereocenters. The fourth-order valence-electron chi connectivity index (χ4n) is 3.17. The Kier molecular flexibility index (Phi) is 3.53. The highest BCUT2D eigenvalue weighted by atomic mass is 35.5. The second-order valence-corrected chi connectivity index (χ2v) is 6.66. The van der Waals surface area contributed by atoms with Crippen molar-refractivity contribution in [2.24, 2.45) is 5.41 Å². The minimum Gasteiger partial charge on any atom is -0.381 e. The third-order valence-corrected chi connectivity index (χ3v) is 4.97. The van der Waals surface area contributed by atoms with Gasteiger partial charge < -0.3 is 15.0 Å². The Bertz CT molecular complexity index is 620. The summed E-state index contributed by atoms with van der Waals surface area (Å²) < 4.78 is 5.49. The van der Waals surface area contributed by atoms with E-state index in [4.69, 9.17) is 16.3 Å². The van der Waals surface area contributed by atoms with Crippen molar-refractivity contribution in [2.75, 3.05) is 7.11 Å². The molecule has 4 heteroatoms. The van der Waals surface area contributed by atoms with Crippen molar-refractivity contribution < 1.29 is 4.74 Å². The zero-order valence-electron chi connectivity index (χ0n) is 12.2. The van der Waals surface area contributed by atoms with Crippen molar-refractivity contribution in [3.63, 3.8) is 0 Å². The van der Waals surface area contributed by atoms with Gasteiger partial charge in [-0.25, -0.2) is 0 Å². The molecular weight excluding hydrogens is 272 g/mol. The van der Waals surface area contributed by atoms with Gasteiger partial charge in [0.15, 0.2) is 0 Å². The van der Waals surface area contributed by atoms with Crippen LogP contribution in [0.4, 0.5) is 0 Å². The molecule has 0 amide bonds. The summed E-state index contributed by atoms with van der Waals surface area (Å²) in [6.45, 7) is 5.39. The maximum absolute atomic E-state index is 6.01. The number of hydrogen-bond donors (Lipinski definition) is 2. The summed E-state index contributed by atoms with van der Waals surface area (Å²) in [7, 11) is 1.80. The molecule has 1 aliphatic rings. The van der Waals surface area contributed by atoms with Crippen LogP contribution < -0.4 is 5.32 Å². The molecule has 0 saturated heterocycles. The van der Waals surface area contributed by atoms with Gasteiger partial charge in [0.05, 0.1) is 6.10 Å². The van der Waals surface area contributed by atoms with Gasteiger partial charge in [-0.15, -0.1) is 0 Å². The first kappa shape index (κ1) is 13.9. The van der Waals surface area contributed by atoms with Crippen LogP contribution in [-0.2, 0) is 11.3 Å². The van der Waals surface area contributed by atoms with Crippen LogP contribution in [0.2, 0.25) is 5.02 Å². The number of H-pyrrole nitrogens is 1. The van der Waals surface area contributed by atoms with E-state index in [2.05, 4.69) is 36.4 Å². The van der Waals surface area contributed by atoms with Crippen LogP contribution >= 0.6 is 11.6 Å². The minimum absolute atomic E-state index is 0.199. The lowest BCUT2D eigenvalue weighted by molar-refractivity contribution is -0.0978. The molecule has 2 N–H and O–H groups in total. The highest BCUT2D eigenvalue weighted by Gasteiger charge is 2.48. The van der Waals surface area contributed by atoms with Crippen molar-refractivity contribution in [1.29, 1.82) is 0 Å². The van der Waals surface area contributed by atoms with Gasteiger partial charge >= 0.3 is 0 Å². The van der Waals surface area contributed by atoms with E-state index in [1.165, 1.54) is 10.9 Å². The molecule has 3 rings (SSSR count). The van der Waals surface area contributed by atoms with E-state index in [9.17, 15) is 0 Å². The third-order valence-electron chi connectivity index (χ3n) is 4.73. The maximum Gasteiger partial charge on any atom is 0.0652 e. The van der Waals surface area contributed by atoms with Gasteiger partial charge in [0.25, 0.3) is 0 Å². The Morgan fingerprint density at radius 2 is 2.25 bits per heavy atom. The number of fused-ring (bicyclic) bond motifs is 1. The van der Waals surface area contributed by atoms with E-state index in [0.717, 1.165) is 23.5 Å². The molecule has 1 aromatic carbocycles. The highest BCUT2D eigenvalue weighted by molar-refractivity contribution is 6.31. The largest absolute Gasteiger partial charge is 0.381 e. The average Bonchev–Trinajstić information content (AvgIpc) is 2.80. The second kappa shape index (κ2) is 5.06. The van der Waals surface area contributed by atoms with Crippen LogP contribution in [0, 0.1) is 5.41 Å². The molecule has 1 fully saturated rings. The monoisotopic (exact) mass is 292 g/mol. The summed E-state index contributed by atoms with van der Waals surface area (Å²) in [4.78, 5) is 3.28. The molecule has 0 spiro atoms. The van der Waals surface area contributed by atoms with Gasteiger partial charge in [0, 0.05) is 47.2 Å². The number of benzene rings is 1. The molecule has 2 aromatic rings. The van der Waals surface area contributed by atoms with Gasteiger partial charge in [-0.05, 0) is 24.1 Å². The van der Waals surface area contributed by atoms with Gasteiger partial charge in [-0.1, -0.05) is 31.5 Å². The number of methoxy groups -OCH3 is 1. The summed E-state index contributed by atoms with van der Waals surface area (Å²) in [5, 5.41) is 5.65. The Labute approximate surface area is 124 Å². The van der Waals surface area contributed by atoms with Crippen molar-refractivity contribution in [1.82, 2.24) is 10.3 Å². The average molecular weight is 293 g/mol. The summed E-state index contributed by atoms with van der Waals surface area (Å²) in [6, 6.07) is 6.49. The summed E-state index contributed by atoms with van der Waals surface area (Å²) in [6.07, 6.45) is 3.51. The minimum atomic E-state index is 0.199. The number of nitrogens with one attached hydrogen (secondary N) is 2. The number of aromatic amines is 1. The van der Waals surface area contributed by atoms with Gasteiger partial charge in [0.2, 0.25) is 0 Å². The Balaban J connectivity index is 1.69. The molecule has 108 valence electrons. The number of aromatic nitrogens is 1. The molecule has 0 bridgehead atoms. The predicted molar refractivity (Wildman–Crippen MR) is 83.1 cm³/mol. The fraction of sp³-hybridized carbons (Fsp3) is 0.500. The zero-order valence-corrected chi connectivity index (χ0v) is 12.9. The van der Waals surface area contributed by atoms with Gasteiger partial charge in [0.1, 0.15) is 0 Å². The van der Waals surface area contributed by atoms with Crippen LogP contribution in [0.5, 0.6) is 0 Å². The molecule has 20 heavy (non-hydrogen) atoms. The summed E-state index contributed by atoms with van der Waals surface area (Å²) in [5.74, 6) is 0. The SMILES string of the molecule is COC1CC(NCc2c[nH]c3cc(Cl)ccc23)C1(C)C. The lowest BCUT2D eigenvalue weighted by atomic mass is 9.64. The van der Waals surface area contributed by atoms with Crippen molar-refractivity contribution in [2.45, 2.75) is 39.0 Å². The van der Waals surface area contributed by atoms with Gasteiger partial charge in [-0.2, -0.15) is 0 Å². The van der Waals surface area contributed by atoms with Crippen molar-refractivity contribution >= 4 is 22.5 Å². The maximum atomic E-state index is 6.01. The van der Waals surface area contributed by atoms with Crippen LogP contribution in [0.25, 0.3) is 10.9 Å². The molecule has 1 aliphatic carbocycles. The van der Waals surface area contributed by atoms with Crippen molar-refractivity contribution in [3.8, 4) is 0 Å². The lowest BCUT2D eigenvalue weighted by Gasteiger charge is -2.51. The highest BCUT2D eigenvalue weighted by Crippen LogP contribution is 2.42.